The number of aliphatic hydroxyl groups is 1. The largest absolute Gasteiger partial charge is 0.395 e. The van der Waals surface area contributed by atoms with Crippen LogP contribution in [0.5, 0.6) is 0 Å². The molecule has 1 fully saturated rings. The van der Waals surface area contributed by atoms with Gasteiger partial charge in [-0.05, 0) is 37.6 Å². The number of anilines is 1. The van der Waals surface area contributed by atoms with Crippen molar-refractivity contribution in [2.45, 2.75) is 31.7 Å². The summed E-state index contributed by atoms with van der Waals surface area (Å²) >= 11 is 3.38. The summed E-state index contributed by atoms with van der Waals surface area (Å²) in [6, 6.07) is 7.80. The standard InChI is InChI=1S/C15H21BrN2O2/c16-12-4-3-5-13(10-12)17-15(20)7-9-18-8-2-1-6-14(18)11-19/h3-5,10,14,19H,1-2,6-9,11H2,(H,17,20). The van der Waals surface area contributed by atoms with E-state index in [1.807, 2.05) is 24.3 Å². The first-order valence-corrected chi connectivity index (χ1v) is 7.88. The van der Waals surface area contributed by atoms with Gasteiger partial charge in [-0.1, -0.05) is 28.4 Å². The third-order valence-corrected chi connectivity index (χ3v) is 4.19. The average Bonchev–Trinajstić information content (AvgIpc) is 2.45. The topological polar surface area (TPSA) is 52.6 Å². The van der Waals surface area contributed by atoms with E-state index in [9.17, 15) is 9.90 Å². The summed E-state index contributed by atoms with van der Waals surface area (Å²) in [7, 11) is 0. The highest BCUT2D eigenvalue weighted by Gasteiger charge is 2.21. The number of likely N-dealkylation sites (tertiary alicyclic amines) is 1. The number of nitrogens with zero attached hydrogens (tertiary/aromatic N) is 1. The van der Waals surface area contributed by atoms with Crippen molar-refractivity contribution in [2.75, 3.05) is 25.0 Å². The normalized spacial score (nSPS) is 19.8. The van der Waals surface area contributed by atoms with E-state index >= 15 is 0 Å². The first-order valence-electron chi connectivity index (χ1n) is 7.09. The Morgan fingerprint density at radius 1 is 1.45 bits per heavy atom. The zero-order chi connectivity index (χ0) is 14.4. The second-order valence-electron chi connectivity index (χ2n) is 5.18. The Morgan fingerprint density at radius 3 is 3.05 bits per heavy atom. The molecular weight excluding hydrogens is 320 g/mol. The van der Waals surface area contributed by atoms with Crippen molar-refractivity contribution in [3.63, 3.8) is 0 Å². The molecule has 1 saturated heterocycles. The molecule has 1 amide bonds. The second-order valence-corrected chi connectivity index (χ2v) is 6.09. The lowest BCUT2D eigenvalue weighted by atomic mass is 10.0. The number of benzene rings is 1. The molecule has 2 rings (SSSR count). The van der Waals surface area contributed by atoms with Crippen molar-refractivity contribution in [1.82, 2.24) is 4.90 Å². The molecule has 1 aliphatic heterocycles. The minimum absolute atomic E-state index is 0.0189. The summed E-state index contributed by atoms with van der Waals surface area (Å²) in [5, 5.41) is 12.2. The van der Waals surface area contributed by atoms with E-state index in [1.54, 1.807) is 0 Å². The third-order valence-electron chi connectivity index (χ3n) is 3.69. The maximum Gasteiger partial charge on any atom is 0.225 e. The number of aliphatic hydroxyl groups excluding tert-OH is 1. The SMILES string of the molecule is O=C(CCN1CCCCC1CO)Nc1cccc(Br)c1. The van der Waals surface area contributed by atoms with E-state index in [0.29, 0.717) is 13.0 Å². The van der Waals surface area contributed by atoms with Gasteiger partial charge in [0.2, 0.25) is 5.91 Å². The number of halogens is 1. The number of nitrogens with one attached hydrogen (secondary N) is 1. The number of carbonyl (C=O) groups is 1. The summed E-state index contributed by atoms with van der Waals surface area (Å²) < 4.78 is 0.951. The van der Waals surface area contributed by atoms with Crippen LogP contribution >= 0.6 is 15.9 Å². The van der Waals surface area contributed by atoms with Crippen LogP contribution in [0, 0.1) is 0 Å². The van der Waals surface area contributed by atoms with E-state index in [2.05, 4.69) is 26.1 Å². The molecule has 1 aromatic rings. The molecule has 0 saturated carbocycles. The Balaban J connectivity index is 1.79. The lowest BCUT2D eigenvalue weighted by molar-refractivity contribution is -0.116. The maximum absolute atomic E-state index is 11.9. The Hall–Kier alpha value is -0.910. The van der Waals surface area contributed by atoms with Gasteiger partial charge in [-0.3, -0.25) is 9.69 Å². The Labute approximate surface area is 128 Å². The highest BCUT2D eigenvalue weighted by molar-refractivity contribution is 9.10. The molecule has 2 N–H and O–H groups in total. The quantitative estimate of drug-likeness (QED) is 0.866. The fourth-order valence-corrected chi connectivity index (χ4v) is 3.00. The molecule has 5 heteroatoms. The molecule has 0 spiro atoms. The number of hydrogen-bond acceptors (Lipinski definition) is 3. The van der Waals surface area contributed by atoms with Crippen LogP contribution in [0.2, 0.25) is 0 Å². The number of hydrogen-bond donors (Lipinski definition) is 2. The lowest BCUT2D eigenvalue weighted by Gasteiger charge is -2.34. The van der Waals surface area contributed by atoms with Gasteiger partial charge in [-0.2, -0.15) is 0 Å². The van der Waals surface area contributed by atoms with Crippen LogP contribution in [0.3, 0.4) is 0 Å². The molecular formula is C15H21BrN2O2. The molecule has 1 unspecified atom stereocenters. The van der Waals surface area contributed by atoms with Crippen molar-refractivity contribution in [3.8, 4) is 0 Å². The first-order chi connectivity index (χ1) is 9.69. The van der Waals surface area contributed by atoms with Crippen LogP contribution < -0.4 is 5.32 Å². The zero-order valence-corrected chi connectivity index (χ0v) is 13.1. The highest BCUT2D eigenvalue weighted by atomic mass is 79.9. The predicted molar refractivity (Wildman–Crippen MR) is 83.7 cm³/mol. The first kappa shape index (κ1) is 15.5. The van der Waals surface area contributed by atoms with E-state index < -0.39 is 0 Å². The predicted octanol–water partition coefficient (Wildman–Crippen LogP) is 2.62. The molecule has 1 aromatic carbocycles. The maximum atomic E-state index is 11.9. The molecule has 20 heavy (non-hydrogen) atoms. The lowest BCUT2D eigenvalue weighted by Crippen LogP contribution is -2.43. The molecule has 1 atom stereocenters. The van der Waals surface area contributed by atoms with Crippen LogP contribution in [-0.4, -0.2) is 41.7 Å². The number of piperidine rings is 1. The van der Waals surface area contributed by atoms with Gasteiger partial charge in [-0.25, -0.2) is 0 Å². The van der Waals surface area contributed by atoms with Crippen LogP contribution in [0.25, 0.3) is 0 Å². The van der Waals surface area contributed by atoms with E-state index in [0.717, 1.165) is 29.5 Å². The Morgan fingerprint density at radius 2 is 2.30 bits per heavy atom. The van der Waals surface area contributed by atoms with Crippen LogP contribution in [0.4, 0.5) is 5.69 Å². The molecule has 0 aliphatic carbocycles. The van der Waals surface area contributed by atoms with Crippen molar-refractivity contribution < 1.29 is 9.90 Å². The minimum Gasteiger partial charge on any atom is -0.395 e. The summed E-state index contributed by atoms with van der Waals surface area (Å²) in [5.41, 5.74) is 0.807. The van der Waals surface area contributed by atoms with Gasteiger partial charge in [0.15, 0.2) is 0 Å². The van der Waals surface area contributed by atoms with Crippen molar-refractivity contribution >= 4 is 27.5 Å². The smallest absolute Gasteiger partial charge is 0.225 e. The fraction of sp³-hybridized carbons (Fsp3) is 0.533. The highest BCUT2D eigenvalue weighted by Crippen LogP contribution is 2.18. The minimum atomic E-state index is 0.0189. The molecule has 110 valence electrons. The second kappa shape index (κ2) is 7.76. The van der Waals surface area contributed by atoms with Gasteiger partial charge in [0.25, 0.3) is 0 Å². The summed E-state index contributed by atoms with van der Waals surface area (Å²) in [4.78, 5) is 14.2. The molecule has 0 radical (unpaired) electrons. The molecule has 0 aromatic heterocycles. The number of rotatable bonds is 5. The van der Waals surface area contributed by atoms with Crippen molar-refractivity contribution in [2.24, 2.45) is 0 Å². The van der Waals surface area contributed by atoms with Crippen molar-refractivity contribution in [3.05, 3.63) is 28.7 Å². The van der Waals surface area contributed by atoms with Crippen LogP contribution in [0.1, 0.15) is 25.7 Å². The van der Waals surface area contributed by atoms with Crippen molar-refractivity contribution in [1.29, 1.82) is 0 Å². The van der Waals surface area contributed by atoms with Gasteiger partial charge in [-0.15, -0.1) is 0 Å². The molecule has 0 bridgehead atoms. The van der Waals surface area contributed by atoms with E-state index in [4.69, 9.17) is 0 Å². The van der Waals surface area contributed by atoms with Gasteiger partial charge in [0.1, 0.15) is 0 Å². The van der Waals surface area contributed by atoms with Crippen LogP contribution in [0.15, 0.2) is 28.7 Å². The Bertz CT molecular complexity index is 453. The van der Waals surface area contributed by atoms with E-state index in [-0.39, 0.29) is 18.6 Å². The monoisotopic (exact) mass is 340 g/mol. The number of amides is 1. The third kappa shape index (κ3) is 4.58. The zero-order valence-electron chi connectivity index (χ0n) is 11.5. The summed E-state index contributed by atoms with van der Waals surface area (Å²) in [5.74, 6) is 0.0189. The molecule has 4 nitrogen and oxygen atoms in total. The van der Waals surface area contributed by atoms with E-state index in [1.165, 1.54) is 6.42 Å². The molecule has 1 aliphatic rings. The van der Waals surface area contributed by atoms with Gasteiger partial charge < -0.3 is 10.4 Å². The van der Waals surface area contributed by atoms with Gasteiger partial charge in [0.05, 0.1) is 6.61 Å². The van der Waals surface area contributed by atoms with Gasteiger partial charge >= 0.3 is 0 Å². The average molecular weight is 341 g/mol. The number of carbonyl (C=O) groups excluding carboxylic acids is 1. The van der Waals surface area contributed by atoms with Crippen LogP contribution in [-0.2, 0) is 4.79 Å². The fourth-order valence-electron chi connectivity index (χ4n) is 2.60. The summed E-state index contributed by atoms with van der Waals surface area (Å²) in [6.45, 7) is 1.88. The molecule has 1 heterocycles. The van der Waals surface area contributed by atoms with Gasteiger partial charge in [0, 0.05) is 29.2 Å². The Kier molecular flexibility index (Phi) is 6.01. The summed E-state index contributed by atoms with van der Waals surface area (Å²) in [6.07, 6.45) is 3.82.